The summed E-state index contributed by atoms with van der Waals surface area (Å²) in [5, 5.41) is 0. The van der Waals surface area contributed by atoms with Crippen molar-refractivity contribution in [3.8, 4) is 0 Å². The van der Waals surface area contributed by atoms with E-state index in [1.54, 1.807) is 42.5 Å². The highest BCUT2D eigenvalue weighted by atomic mass is 32.2. The first-order valence-electron chi connectivity index (χ1n) is 9.07. The zero-order valence-electron chi connectivity index (χ0n) is 15.2. The highest BCUT2D eigenvalue weighted by molar-refractivity contribution is 7.92. The molecule has 3 aromatic rings. The molecule has 5 nitrogen and oxygen atoms in total. The van der Waals surface area contributed by atoms with Crippen molar-refractivity contribution >= 4 is 21.6 Å². The van der Waals surface area contributed by atoms with Crippen LogP contribution < -0.4 is 4.72 Å². The average Bonchev–Trinajstić information content (AvgIpc) is 2.74. The molecule has 0 saturated carbocycles. The molecule has 0 unspecified atom stereocenters. The van der Waals surface area contributed by atoms with Crippen LogP contribution in [0.4, 0.5) is 5.69 Å². The maximum absolute atomic E-state index is 12.8. The van der Waals surface area contributed by atoms with Crippen LogP contribution in [0.2, 0.25) is 0 Å². The van der Waals surface area contributed by atoms with E-state index in [1.165, 1.54) is 23.3 Å². The van der Waals surface area contributed by atoms with Gasteiger partial charge in [-0.25, -0.2) is 8.42 Å². The summed E-state index contributed by atoms with van der Waals surface area (Å²) < 4.78 is 27.3. The van der Waals surface area contributed by atoms with Gasteiger partial charge in [-0.3, -0.25) is 9.52 Å². The Labute approximate surface area is 164 Å². The molecule has 1 amide bonds. The molecular weight excluding hydrogens is 372 g/mol. The smallest absolute Gasteiger partial charge is 0.261 e. The van der Waals surface area contributed by atoms with Crippen LogP contribution in [0.1, 0.15) is 21.5 Å². The summed E-state index contributed by atoms with van der Waals surface area (Å²) in [6, 6.07) is 22.9. The van der Waals surface area contributed by atoms with Crippen LogP contribution in [0.25, 0.3) is 0 Å². The van der Waals surface area contributed by atoms with E-state index in [4.69, 9.17) is 0 Å². The Morgan fingerprint density at radius 2 is 1.46 bits per heavy atom. The van der Waals surface area contributed by atoms with Gasteiger partial charge in [-0.05, 0) is 53.9 Å². The van der Waals surface area contributed by atoms with E-state index in [0.717, 1.165) is 6.42 Å². The maximum Gasteiger partial charge on any atom is 0.261 e. The van der Waals surface area contributed by atoms with E-state index in [1.807, 2.05) is 17.0 Å². The monoisotopic (exact) mass is 392 g/mol. The standard InChI is InChI=1S/C22H20N2O3S/c25-22(24-15-14-17-6-4-5-7-19(17)16-24)18-10-12-20(13-11-18)23-28(26,27)21-8-2-1-3-9-21/h1-13,23H,14-16H2. The summed E-state index contributed by atoms with van der Waals surface area (Å²) in [6.45, 7) is 1.27. The first-order valence-corrected chi connectivity index (χ1v) is 10.6. The summed E-state index contributed by atoms with van der Waals surface area (Å²) in [4.78, 5) is 14.8. The first-order chi connectivity index (χ1) is 13.5. The Morgan fingerprint density at radius 1 is 0.821 bits per heavy atom. The molecule has 0 radical (unpaired) electrons. The molecule has 0 saturated heterocycles. The van der Waals surface area contributed by atoms with Crippen molar-refractivity contribution in [2.45, 2.75) is 17.9 Å². The Balaban J connectivity index is 1.47. The quantitative estimate of drug-likeness (QED) is 0.736. The van der Waals surface area contributed by atoms with Gasteiger partial charge < -0.3 is 4.90 Å². The number of sulfonamides is 1. The van der Waals surface area contributed by atoms with E-state index in [0.29, 0.717) is 24.3 Å². The molecule has 3 aromatic carbocycles. The number of rotatable bonds is 4. The normalized spacial score (nSPS) is 13.6. The van der Waals surface area contributed by atoms with Gasteiger partial charge in [0.05, 0.1) is 4.90 Å². The van der Waals surface area contributed by atoms with Crippen LogP contribution >= 0.6 is 0 Å². The molecule has 28 heavy (non-hydrogen) atoms. The molecule has 1 N–H and O–H groups in total. The number of nitrogens with one attached hydrogen (secondary N) is 1. The van der Waals surface area contributed by atoms with Crippen LogP contribution in [0.15, 0.2) is 83.8 Å². The second-order valence-electron chi connectivity index (χ2n) is 6.74. The fourth-order valence-corrected chi connectivity index (χ4v) is 4.43. The minimum atomic E-state index is -3.65. The van der Waals surface area contributed by atoms with Gasteiger partial charge in [0.1, 0.15) is 0 Å². The molecule has 4 rings (SSSR count). The third kappa shape index (κ3) is 3.77. The summed E-state index contributed by atoms with van der Waals surface area (Å²) >= 11 is 0. The molecule has 0 spiro atoms. The fourth-order valence-electron chi connectivity index (χ4n) is 3.35. The molecule has 0 bridgehead atoms. The lowest BCUT2D eigenvalue weighted by molar-refractivity contribution is 0.0734. The summed E-state index contributed by atoms with van der Waals surface area (Å²) in [6.07, 6.45) is 0.844. The second kappa shape index (κ2) is 7.48. The van der Waals surface area contributed by atoms with Crippen molar-refractivity contribution in [2.24, 2.45) is 0 Å². The number of hydrogen-bond acceptors (Lipinski definition) is 3. The molecule has 1 aliphatic heterocycles. The summed E-state index contributed by atoms with van der Waals surface area (Å²) in [5.74, 6) is -0.0491. The SMILES string of the molecule is O=C(c1ccc(NS(=O)(=O)c2ccccc2)cc1)N1CCc2ccccc2C1. The number of anilines is 1. The van der Waals surface area contributed by atoms with Gasteiger partial charge in [-0.1, -0.05) is 42.5 Å². The fraction of sp³-hybridized carbons (Fsp3) is 0.136. The zero-order valence-corrected chi connectivity index (χ0v) is 16.0. The Hall–Kier alpha value is -3.12. The Morgan fingerprint density at radius 3 is 2.18 bits per heavy atom. The van der Waals surface area contributed by atoms with Crippen molar-refractivity contribution in [1.82, 2.24) is 4.90 Å². The molecule has 0 aromatic heterocycles. The molecule has 0 aliphatic carbocycles. The number of nitrogens with zero attached hydrogens (tertiary/aromatic N) is 1. The first kappa shape index (κ1) is 18.3. The van der Waals surface area contributed by atoms with E-state index in [-0.39, 0.29) is 10.8 Å². The lowest BCUT2D eigenvalue weighted by Crippen LogP contribution is -2.35. The van der Waals surface area contributed by atoms with Crippen molar-refractivity contribution in [1.29, 1.82) is 0 Å². The van der Waals surface area contributed by atoms with E-state index in [9.17, 15) is 13.2 Å². The number of amides is 1. The third-order valence-electron chi connectivity index (χ3n) is 4.86. The molecular formula is C22H20N2O3S. The van der Waals surface area contributed by atoms with Gasteiger partial charge in [0.2, 0.25) is 0 Å². The Kier molecular flexibility index (Phi) is 4.88. The van der Waals surface area contributed by atoms with Gasteiger partial charge in [0.15, 0.2) is 0 Å². The molecule has 6 heteroatoms. The number of fused-ring (bicyclic) bond motifs is 1. The Bertz CT molecular complexity index is 1090. The molecule has 1 heterocycles. The topological polar surface area (TPSA) is 66.5 Å². The molecule has 0 fully saturated rings. The van der Waals surface area contributed by atoms with Crippen LogP contribution in [-0.2, 0) is 23.0 Å². The minimum absolute atomic E-state index is 0.0491. The molecule has 1 aliphatic rings. The van der Waals surface area contributed by atoms with Gasteiger partial charge in [0.25, 0.3) is 15.9 Å². The number of benzene rings is 3. The summed E-state index contributed by atoms with van der Waals surface area (Å²) in [7, 11) is -3.65. The number of carbonyl (C=O) groups excluding carboxylic acids is 1. The predicted molar refractivity (Wildman–Crippen MR) is 109 cm³/mol. The highest BCUT2D eigenvalue weighted by Crippen LogP contribution is 2.22. The average molecular weight is 392 g/mol. The number of hydrogen-bond donors (Lipinski definition) is 1. The van der Waals surface area contributed by atoms with Crippen molar-refractivity contribution < 1.29 is 13.2 Å². The van der Waals surface area contributed by atoms with Gasteiger partial charge in [0, 0.05) is 24.3 Å². The molecule has 0 atom stereocenters. The largest absolute Gasteiger partial charge is 0.334 e. The van der Waals surface area contributed by atoms with Crippen LogP contribution in [0, 0.1) is 0 Å². The lowest BCUT2D eigenvalue weighted by Gasteiger charge is -2.29. The predicted octanol–water partition coefficient (Wildman–Crippen LogP) is 3.69. The van der Waals surface area contributed by atoms with Crippen LogP contribution in [0.5, 0.6) is 0 Å². The zero-order chi connectivity index (χ0) is 19.6. The lowest BCUT2D eigenvalue weighted by atomic mass is 9.99. The third-order valence-corrected chi connectivity index (χ3v) is 6.25. The van der Waals surface area contributed by atoms with E-state index in [2.05, 4.69) is 16.9 Å². The minimum Gasteiger partial charge on any atom is -0.334 e. The van der Waals surface area contributed by atoms with Gasteiger partial charge in [-0.2, -0.15) is 0 Å². The van der Waals surface area contributed by atoms with Crippen molar-refractivity contribution in [2.75, 3.05) is 11.3 Å². The van der Waals surface area contributed by atoms with Gasteiger partial charge >= 0.3 is 0 Å². The maximum atomic E-state index is 12.8. The summed E-state index contributed by atoms with van der Waals surface area (Å²) in [5.41, 5.74) is 3.43. The van der Waals surface area contributed by atoms with Gasteiger partial charge in [-0.15, -0.1) is 0 Å². The van der Waals surface area contributed by atoms with Crippen molar-refractivity contribution in [3.05, 3.63) is 95.6 Å². The van der Waals surface area contributed by atoms with E-state index >= 15 is 0 Å². The number of carbonyl (C=O) groups is 1. The molecule has 142 valence electrons. The highest BCUT2D eigenvalue weighted by Gasteiger charge is 2.21. The van der Waals surface area contributed by atoms with E-state index < -0.39 is 10.0 Å². The van der Waals surface area contributed by atoms with Crippen molar-refractivity contribution in [3.63, 3.8) is 0 Å². The van der Waals surface area contributed by atoms with Crippen LogP contribution in [-0.4, -0.2) is 25.8 Å². The van der Waals surface area contributed by atoms with Crippen LogP contribution in [0.3, 0.4) is 0 Å². The second-order valence-corrected chi connectivity index (χ2v) is 8.42.